The summed E-state index contributed by atoms with van der Waals surface area (Å²) in [5.74, 6) is 1.04. The highest BCUT2D eigenvalue weighted by Gasteiger charge is 2.27. The number of nitrogens with two attached hydrogens (primary N) is 1. The maximum absolute atomic E-state index is 5.75. The predicted molar refractivity (Wildman–Crippen MR) is 74.3 cm³/mol. The number of hydrogen-bond donors (Lipinski definition) is 2. The lowest BCUT2D eigenvalue weighted by Gasteiger charge is -2.34. The maximum atomic E-state index is 5.75. The van der Waals surface area contributed by atoms with Crippen LogP contribution >= 0.6 is 0 Å². The van der Waals surface area contributed by atoms with Crippen LogP contribution in [0.1, 0.15) is 39.0 Å². The summed E-state index contributed by atoms with van der Waals surface area (Å²) in [5.41, 5.74) is 5.77. The Labute approximate surface area is 116 Å². The number of rotatable bonds is 3. The number of nitrogens with one attached hydrogen (secondary N) is 1. The average molecular weight is 274 g/mol. The second-order valence-corrected chi connectivity index (χ2v) is 5.40. The number of anilines is 2. The lowest BCUT2D eigenvalue weighted by atomic mass is 9.83. The Morgan fingerprint density at radius 1 is 1.20 bits per heavy atom. The summed E-state index contributed by atoms with van der Waals surface area (Å²) >= 11 is 0. The highest BCUT2D eigenvalue weighted by atomic mass is 15.4. The minimum absolute atomic E-state index is 0.0195. The molecule has 3 rings (SSSR count). The van der Waals surface area contributed by atoms with E-state index in [0.29, 0.717) is 11.9 Å². The molecule has 2 aromatic heterocycles. The normalized spacial score (nSPS) is 17.9. The molecule has 0 bridgehead atoms. The molecule has 0 radical (unpaired) electrons. The van der Waals surface area contributed by atoms with Gasteiger partial charge in [0.2, 0.25) is 11.9 Å². The fourth-order valence-electron chi connectivity index (χ4n) is 2.58. The molecule has 0 unspecified atom stereocenters. The van der Waals surface area contributed by atoms with Crippen LogP contribution in [-0.4, -0.2) is 35.3 Å². The Hall–Kier alpha value is -2.25. The molecule has 0 aromatic carbocycles. The van der Waals surface area contributed by atoms with E-state index in [1.165, 1.54) is 36.6 Å². The van der Waals surface area contributed by atoms with Crippen molar-refractivity contribution in [3.05, 3.63) is 12.7 Å². The zero-order valence-electron chi connectivity index (χ0n) is 11.5. The van der Waals surface area contributed by atoms with Gasteiger partial charge in [0.1, 0.15) is 12.7 Å². The van der Waals surface area contributed by atoms with Crippen LogP contribution in [-0.2, 0) is 0 Å². The second kappa shape index (κ2) is 5.03. The molecule has 0 spiro atoms. The molecule has 2 aromatic rings. The third kappa shape index (κ3) is 2.68. The smallest absolute Gasteiger partial charge is 0.258 e. The summed E-state index contributed by atoms with van der Waals surface area (Å²) < 4.78 is 1.46. The number of hydrogen-bond acceptors (Lipinski definition) is 7. The topological polar surface area (TPSA) is 107 Å². The van der Waals surface area contributed by atoms with E-state index < -0.39 is 0 Å². The third-order valence-electron chi connectivity index (χ3n) is 3.64. The first-order valence-electron chi connectivity index (χ1n) is 6.79. The zero-order valence-corrected chi connectivity index (χ0v) is 11.5. The first-order chi connectivity index (χ1) is 9.65. The minimum atomic E-state index is 0.0195. The van der Waals surface area contributed by atoms with E-state index in [9.17, 15) is 0 Å². The van der Waals surface area contributed by atoms with Gasteiger partial charge in [-0.3, -0.25) is 0 Å². The van der Waals surface area contributed by atoms with Gasteiger partial charge in [-0.05, 0) is 19.8 Å². The monoisotopic (exact) mass is 274 g/mol. The van der Waals surface area contributed by atoms with Gasteiger partial charge in [-0.2, -0.15) is 24.7 Å². The van der Waals surface area contributed by atoms with Crippen LogP contribution in [0, 0.1) is 0 Å². The Morgan fingerprint density at radius 2 is 2.00 bits per heavy atom. The highest BCUT2D eigenvalue weighted by Crippen LogP contribution is 2.30. The molecule has 8 heteroatoms. The van der Waals surface area contributed by atoms with Crippen LogP contribution in [0.2, 0.25) is 0 Å². The molecule has 106 valence electrons. The van der Waals surface area contributed by atoms with Crippen molar-refractivity contribution < 1.29 is 0 Å². The summed E-state index contributed by atoms with van der Waals surface area (Å²) in [6.07, 6.45) is 8.91. The lowest BCUT2D eigenvalue weighted by molar-refractivity contribution is 0.347. The van der Waals surface area contributed by atoms with Gasteiger partial charge >= 0.3 is 0 Å². The van der Waals surface area contributed by atoms with Gasteiger partial charge in [-0.1, -0.05) is 19.3 Å². The Bertz CT molecular complexity index is 573. The molecule has 3 N–H and O–H groups in total. The molecule has 8 nitrogen and oxygen atoms in total. The summed E-state index contributed by atoms with van der Waals surface area (Å²) in [6, 6.07) is 0. The summed E-state index contributed by atoms with van der Waals surface area (Å²) in [4.78, 5) is 16.5. The molecule has 1 aliphatic carbocycles. The second-order valence-electron chi connectivity index (χ2n) is 5.40. The molecule has 2 heterocycles. The van der Waals surface area contributed by atoms with Gasteiger partial charge < -0.3 is 11.1 Å². The van der Waals surface area contributed by atoms with Gasteiger partial charge in [0.15, 0.2) is 0 Å². The van der Waals surface area contributed by atoms with Crippen molar-refractivity contribution in [1.82, 2.24) is 29.7 Å². The average Bonchev–Trinajstić information content (AvgIpc) is 2.92. The van der Waals surface area contributed by atoms with E-state index in [1.54, 1.807) is 0 Å². The van der Waals surface area contributed by atoms with Crippen LogP contribution in [0.5, 0.6) is 0 Å². The molecule has 0 amide bonds. The van der Waals surface area contributed by atoms with E-state index in [1.807, 2.05) is 0 Å². The van der Waals surface area contributed by atoms with Crippen molar-refractivity contribution in [1.29, 1.82) is 0 Å². The van der Waals surface area contributed by atoms with Gasteiger partial charge in [0.05, 0.1) is 0 Å². The summed E-state index contributed by atoms with van der Waals surface area (Å²) in [6.45, 7) is 2.20. The SMILES string of the molecule is CC1(Nc2nc(N)nc(-n3cncn3)n2)CCCCC1. The number of nitrogen functional groups attached to an aromatic ring is 1. The van der Waals surface area contributed by atoms with Crippen LogP contribution in [0.25, 0.3) is 5.95 Å². The van der Waals surface area contributed by atoms with Gasteiger partial charge in [-0.25, -0.2) is 4.98 Å². The lowest BCUT2D eigenvalue weighted by Crippen LogP contribution is -2.37. The molecule has 0 atom stereocenters. The molecular weight excluding hydrogens is 256 g/mol. The van der Waals surface area contributed by atoms with E-state index in [2.05, 4.69) is 37.3 Å². The van der Waals surface area contributed by atoms with Crippen molar-refractivity contribution in [2.24, 2.45) is 0 Å². The van der Waals surface area contributed by atoms with E-state index in [4.69, 9.17) is 5.73 Å². The minimum Gasteiger partial charge on any atom is -0.368 e. The van der Waals surface area contributed by atoms with E-state index in [0.717, 1.165) is 12.8 Å². The van der Waals surface area contributed by atoms with E-state index >= 15 is 0 Å². The van der Waals surface area contributed by atoms with Crippen LogP contribution in [0.4, 0.5) is 11.9 Å². The first-order valence-corrected chi connectivity index (χ1v) is 6.79. The zero-order chi connectivity index (χ0) is 14.0. The van der Waals surface area contributed by atoms with Crippen molar-refractivity contribution >= 4 is 11.9 Å². The van der Waals surface area contributed by atoms with Gasteiger partial charge in [0.25, 0.3) is 5.95 Å². The molecule has 0 aliphatic heterocycles. The molecule has 20 heavy (non-hydrogen) atoms. The Morgan fingerprint density at radius 3 is 2.70 bits per heavy atom. The van der Waals surface area contributed by atoms with Crippen molar-refractivity contribution in [3.8, 4) is 5.95 Å². The van der Waals surface area contributed by atoms with Crippen molar-refractivity contribution in [3.63, 3.8) is 0 Å². The third-order valence-corrected chi connectivity index (χ3v) is 3.64. The first kappa shape index (κ1) is 12.8. The highest BCUT2D eigenvalue weighted by molar-refractivity contribution is 5.37. The fraction of sp³-hybridized carbons (Fsp3) is 0.583. The molecule has 1 aliphatic rings. The van der Waals surface area contributed by atoms with Crippen molar-refractivity contribution in [2.45, 2.75) is 44.6 Å². The number of aromatic nitrogens is 6. The summed E-state index contributed by atoms with van der Waals surface area (Å²) in [7, 11) is 0. The Kier molecular flexibility index (Phi) is 3.21. The maximum Gasteiger partial charge on any atom is 0.258 e. The van der Waals surface area contributed by atoms with Gasteiger partial charge in [-0.15, -0.1) is 0 Å². The van der Waals surface area contributed by atoms with Crippen LogP contribution in [0.3, 0.4) is 0 Å². The predicted octanol–water partition coefficient (Wildman–Crippen LogP) is 1.17. The van der Waals surface area contributed by atoms with Crippen molar-refractivity contribution in [2.75, 3.05) is 11.1 Å². The van der Waals surface area contributed by atoms with Crippen LogP contribution < -0.4 is 11.1 Å². The van der Waals surface area contributed by atoms with Gasteiger partial charge in [0, 0.05) is 5.54 Å². The molecular formula is C12H18N8. The van der Waals surface area contributed by atoms with E-state index in [-0.39, 0.29) is 11.5 Å². The molecule has 0 saturated heterocycles. The number of nitrogens with zero attached hydrogens (tertiary/aromatic N) is 6. The Balaban J connectivity index is 1.86. The van der Waals surface area contributed by atoms with Crippen LogP contribution in [0.15, 0.2) is 12.7 Å². The molecule has 1 saturated carbocycles. The quantitative estimate of drug-likeness (QED) is 0.864. The molecule has 1 fully saturated rings. The standard InChI is InChI=1S/C12H18N8/c1-12(5-3-2-4-6-12)19-10-16-9(13)17-11(18-10)20-8-14-7-15-20/h7-8H,2-6H2,1H3,(H3,13,16,17,18,19). The fourth-order valence-corrected chi connectivity index (χ4v) is 2.58. The summed E-state index contributed by atoms with van der Waals surface area (Å²) in [5, 5.41) is 7.40. The largest absolute Gasteiger partial charge is 0.368 e.